The van der Waals surface area contributed by atoms with Crippen LogP contribution in [0.15, 0.2) is 28.9 Å². The van der Waals surface area contributed by atoms with E-state index in [1.54, 1.807) is 6.33 Å². The van der Waals surface area contributed by atoms with Crippen molar-refractivity contribution >= 4 is 39.5 Å². The predicted molar refractivity (Wildman–Crippen MR) is 91.1 cm³/mol. The molecule has 0 saturated carbocycles. The zero-order valence-electron chi connectivity index (χ0n) is 12.9. The van der Waals surface area contributed by atoms with E-state index >= 15 is 0 Å². The van der Waals surface area contributed by atoms with Crippen molar-refractivity contribution in [2.45, 2.75) is 24.9 Å². The Labute approximate surface area is 138 Å². The molecule has 2 unspecified atom stereocenters. The fourth-order valence-electron chi connectivity index (χ4n) is 4.02. The Balaban J connectivity index is 1.69. The number of likely N-dealkylation sites (N-methyl/N-ethyl adjacent to an activating group) is 1. The third-order valence-electron chi connectivity index (χ3n) is 5.30. The molecule has 2 atom stereocenters. The van der Waals surface area contributed by atoms with E-state index in [1.165, 1.54) is 12.8 Å². The first-order valence-electron chi connectivity index (χ1n) is 8.00. The summed E-state index contributed by atoms with van der Waals surface area (Å²) in [5.41, 5.74) is 2.44. The molecule has 2 aromatic heterocycles. The summed E-state index contributed by atoms with van der Waals surface area (Å²) in [6.07, 6.45) is 4.01. The Morgan fingerprint density at radius 1 is 1.26 bits per heavy atom. The van der Waals surface area contributed by atoms with Crippen LogP contribution in [-0.2, 0) is 0 Å². The standard InChI is InChI=1S/C17H17ClN4O/c1-21-5-4-11-7-12(21)8-22(11)17-16-15(19-9-20-17)13-6-10(18)2-3-14(13)23-16/h2-3,6,9,11-12H,4-5,7-8H2,1H3. The van der Waals surface area contributed by atoms with Gasteiger partial charge in [0.15, 0.2) is 11.4 Å². The van der Waals surface area contributed by atoms with Gasteiger partial charge in [0.1, 0.15) is 17.4 Å². The molecule has 3 aromatic rings. The highest BCUT2D eigenvalue weighted by molar-refractivity contribution is 6.31. The highest BCUT2D eigenvalue weighted by Gasteiger charge is 2.39. The van der Waals surface area contributed by atoms with Crippen LogP contribution in [0.1, 0.15) is 12.8 Å². The smallest absolute Gasteiger partial charge is 0.196 e. The number of benzene rings is 1. The van der Waals surface area contributed by atoms with E-state index in [0.717, 1.165) is 41.0 Å². The maximum absolute atomic E-state index is 6.13. The maximum atomic E-state index is 6.13. The largest absolute Gasteiger partial charge is 0.450 e. The van der Waals surface area contributed by atoms with Crippen molar-refractivity contribution in [1.29, 1.82) is 0 Å². The Hall–Kier alpha value is -1.85. The van der Waals surface area contributed by atoms with Gasteiger partial charge in [0.05, 0.1) is 0 Å². The van der Waals surface area contributed by atoms with Crippen LogP contribution in [0.3, 0.4) is 0 Å². The van der Waals surface area contributed by atoms with Crippen molar-refractivity contribution < 1.29 is 4.42 Å². The molecule has 23 heavy (non-hydrogen) atoms. The quantitative estimate of drug-likeness (QED) is 0.685. The molecule has 5 rings (SSSR count). The Kier molecular flexibility index (Phi) is 2.85. The second kappa shape index (κ2) is 4.82. The van der Waals surface area contributed by atoms with Crippen molar-refractivity contribution in [3.8, 4) is 0 Å². The lowest BCUT2D eigenvalue weighted by Gasteiger charge is -2.29. The Morgan fingerprint density at radius 2 is 2.17 bits per heavy atom. The Bertz CT molecular complexity index is 908. The third kappa shape index (κ3) is 1.96. The summed E-state index contributed by atoms with van der Waals surface area (Å²) < 4.78 is 6.09. The SMILES string of the molecule is CN1CCC2CC1CN2c1ncnc2c1oc1ccc(Cl)cc12. The molecule has 4 heterocycles. The molecule has 2 bridgehead atoms. The van der Waals surface area contributed by atoms with E-state index in [-0.39, 0.29) is 0 Å². The lowest BCUT2D eigenvalue weighted by Crippen LogP contribution is -2.37. The monoisotopic (exact) mass is 328 g/mol. The number of hydrogen-bond acceptors (Lipinski definition) is 5. The second-order valence-electron chi connectivity index (χ2n) is 6.58. The minimum absolute atomic E-state index is 0.547. The van der Waals surface area contributed by atoms with Gasteiger partial charge in [-0.2, -0.15) is 0 Å². The summed E-state index contributed by atoms with van der Waals surface area (Å²) in [4.78, 5) is 13.9. The lowest BCUT2D eigenvalue weighted by molar-refractivity contribution is 0.218. The number of halogens is 1. The third-order valence-corrected chi connectivity index (χ3v) is 5.53. The summed E-state index contributed by atoms with van der Waals surface area (Å²) in [5, 5.41) is 1.65. The maximum Gasteiger partial charge on any atom is 0.196 e. The summed E-state index contributed by atoms with van der Waals surface area (Å²) >= 11 is 6.13. The zero-order chi connectivity index (χ0) is 15.6. The normalized spacial score (nSPS) is 24.9. The number of furan rings is 1. The molecular formula is C17H17ClN4O. The van der Waals surface area contributed by atoms with Gasteiger partial charge in [0.25, 0.3) is 0 Å². The molecule has 2 saturated heterocycles. The van der Waals surface area contributed by atoms with Crippen LogP contribution in [0.25, 0.3) is 22.1 Å². The average molecular weight is 329 g/mol. The first-order chi connectivity index (χ1) is 11.2. The average Bonchev–Trinajstić information content (AvgIpc) is 3.10. The predicted octanol–water partition coefficient (Wildman–Crippen LogP) is 3.31. The fourth-order valence-corrected chi connectivity index (χ4v) is 4.19. The molecule has 5 nitrogen and oxygen atoms in total. The number of hydrogen-bond donors (Lipinski definition) is 0. The van der Waals surface area contributed by atoms with Crippen molar-refractivity contribution in [2.75, 3.05) is 25.0 Å². The minimum atomic E-state index is 0.547. The number of rotatable bonds is 1. The fraction of sp³-hybridized carbons (Fsp3) is 0.412. The molecular weight excluding hydrogens is 312 g/mol. The highest BCUT2D eigenvalue weighted by Crippen LogP contribution is 2.38. The van der Waals surface area contributed by atoms with Crippen LogP contribution >= 0.6 is 11.6 Å². The molecule has 0 spiro atoms. The van der Waals surface area contributed by atoms with Crippen LogP contribution in [0, 0.1) is 0 Å². The van der Waals surface area contributed by atoms with E-state index in [2.05, 4.69) is 26.8 Å². The number of anilines is 1. The number of aromatic nitrogens is 2. The first-order valence-corrected chi connectivity index (χ1v) is 8.38. The molecule has 2 aliphatic rings. The molecule has 0 aliphatic carbocycles. The molecule has 2 fully saturated rings. The van der Waals surface area contributed by atoms with Crippen molar-refractivity contribution in [1.82, 2.24) is 14.9 Å². The van der Waals surface area contributed by atoms with Gasteiger partial charge in [-0.1, -0.05) is 11.6 Å². The topological polar surface area (TPSA) is 45.4 Å². The van der Waals surface area contributed by atoms with Gasteiger partial charge in [-0.05, 0) is 38.1 Å². The van der Waals surface area contributed by atoms with Gasteiger partial charge in [0.2, 0.25) is 0 Å². The summed E-state index contributed by atoms with van der Waals surface area (Å²) in [6, 6.07) is 6.82. The summed E-state index contributed by atoms with van der Waals surface area (Å²) in [5.74, 6) is 0.921. The van der Waals surface area contributed by atoms with Gasteiger partial charge in [0, 0.05) is 35.6 Å². The van der Waals surface area contributed by atoms with E-state index in [1.807, 2.05) is 18.2 Å². The molecule has 118 valence electrons. The molecule has 0 amide bonds. The van der Waals surface area contributed by atoms with Crippen molar-refractivity contribution in [3.05, 3.63) is 29.5 Å². The summed E-state index contributed by atoms with van der Waals surface area (Å²) in [7, 11) is 2.21. The molecule has 0 N–H and O–H groups in total. The van der Waals surface area contributed by atoms with Gasteiger partial charge in [-0.25, -0.2) is 9.97 Å². The Morgan fingerprint density at radius 3 is 3.04 bits per heavy atom. The van der Waals surface area contributed by atoms with Gasteiger partial charge in [-0.3, -0.25) is 0 Å². The van der Waals surface area contributed by atoms with Crippen LogP contribution < -0.4 is 4.90 Å². The first kappa shape index (κ1) is 13.6. The minimum Gasteiger partial charge on any atom is -0.450 e. The zero-order valence-corrected chi connectivity index (χ0v) is 13.6. The molecule has 2 aliphatic heterocycles. The number of piperidine rings is 1. The van der Waals surface area contributed by atoms with Crippen molar-refractivity contribution in [2.24, 2.45) is 0 Å². The van der Waals surface area contributed by atoms with Crippen molar-refractivity contribution in [3.63, 3.8) is 0 Å². The molecule has 0 radical (unpaired) electrons. The number of nitrogens with zero attached hydrogens (tertiary/aromatic N) is 4. The molecule has 1 aromatic carbocycles. The van der Waals surface area contributed by atoms with Gasteiger partial charge < -0.3 is 14.2 Å². The van der Waals surface area contributed by atoms with E-state index < -0.39 is 0 Å². The highest BCUT2D eigenvalue weighted by atomic mass is 35.5. The van der Waals surface area contributed by atoms with E-state index in [4.69, 9.17) is 16.0 Å². The van der Waals surface area contributed by atoms with E-state index in [0.29, 0.717) is 17.1 Å². The lowest BCUT2D eigenvalue weighted by atomic mass is 10.0. The van der Waals surface area contributed by atoms with Crippen LogP contribution in [-0.4, -0.2) is 47.1 Å². The second-order valence-corrected chi connectivity index (χ2v) is 7.02. The van der Waals surface area contributed by atoms with E-state index in [9.17, 15) is 0 Å². The van der Waals surface area contributed by atoms with Gasteiger partial charge >= 0.3 is 0 Å². The number of likely N-dealkylation sites (tertiary alicyclic amines) is 1. The van der Waals surface area contributed by atoms with Gasteiger partial charge in [-0.15, -0.1) is 0 Å². The summed E-state index contributed by atoms with van der Waals surface area (Å²) in [6.45, 7) is 2.15. The molecule has 6 heteroatoms. The van der Waals surface area contributed by atoms with Crippen LogP contribution in [0.2, 0.25) is 5.02 Å². The van der Waals surface area contributed by atoms with Crippen LogP contribution in [0.5, 0.6) is 0 Å². The van der Waals surface area contributed by atoms with Crippen LogP contribution in [0.4, 0.5) is 5.82 Å². The number of fused-ring (bicyclic) bond motifs is 5.